The second-order valence-corrected chi connectivity index (χ2v) is 7.04. The van der Waals surface area contributed by atoms with Crippen molar-refractivity contribution in [2.24, 2.45) is 5.41 Å². The van der Waals surface area contributed by atoms with E-state index in [4.69, 9.17) is 4.98 Å². The van der Waals surface area contributed by atoms with Crippen LogP contribution in [0.15, 0.2) is 47.5 Å². The summed E-state index contributed by atoms with van der Waals surface area (Å²) in [7, 11) is 0. The van der Waals surface area contributed by atoms with Gasteiger partial charge in [0.1, 0.15) is 5.65 Å². The number of hydrogen-bond donors (Lipinski definition) is 0. The maximum atomic E-state index is 12.7. The summed E-state index contributed by atoms with van der Waals surface area (Å²) in [6, 6.07) is 9.70. The molecule has 0 atom stereocenters. The van der Waals surface area contributed by atoms with Gasteiger partial charge in [0, 0.05) is 23.5 Å². The Morgan fingerprint density at radius 3 is 2.87 bits per heavy atom. The Bertz CT molecular complexity index is 942. The maximum absolute atomic E-state index is 12.7. The zero-order valence-corrected chi connectivity index (χ0v) is 13.4. The summed E-state index contributed by atoms with van der Waals surface area (Å²) < 4.78 is 1.66. The zero-order chi connectivity index (χ0) is 16.0. The van der Waals surface area contributed by atoms with Crippen molar-refractivity contribution >= 4 is 5.65 Å². The second kappa shape index (κ2) is 5.01. The molecule has 3 aromatic heterocycles. The third kappa shape index (κ3) is 2.44. The van der Waals surface area contributed by atoms with Crippen molar-refractivity contribution in [3.63, 3.8) is 0 Å². The minimum atomic E-state index is 0.0769. The van der Waals surface area contributed by atoms with E-state index in [1.165, 1.54) is 0 Å². The molecule has 0 unspecified atom stereocenters. The van der Waals surface area contributed by atoms with Crippen molar-refractivity contribution < 1.29 is 0 Å². The normalized spacial score (nSPS) is 16.3. The molecule has 0 amide bonds. The van der Waals surface area contributed by atoms with Crippen LogP contribution in [0.5, 0.6) is 0 Å². The Morgan fingerprint density at radius 2 is 2.09 bits per heavy atom. The number of nitrogens with zero attached hydrogens (tertiary/aromatic N) is 3. The summed E-state index contributed by atoms with van der Waals surface area (Å²) in [4.78, 5) is 21.9. The van der Waals surface area contributed by atoms with E-state index < -0.39 is 0 Å². The lowest BCUT2D eigenvalue weighted by Crippen LogP contribution is -2.31. The van der Waals surface area contributed by atoms with Crippen LogP contribution in [-0.2, 0) is 12.8 Å². The SMILES string of the molecule is CC1(C)CCc2c(nc3cc(-c4ccccn4)ccn3c2=O)C1. The fourth-order valence-corrected chi connectivity index (χ4v) is 3.32. The third-order valence-corrected chi connectivity index (χ3v) is 4.67. The summed E-state index contributed by atoms with van der Waals surface area (Å²) in [6.07, 6.45) is 6.30. The highest BCUT2D eigenvalue weighted by molar-refractivity contribution is 5.64. The lowest BCUT2D eigenvalue weighted by molar-refractivity contribution is 0.309. The summed E-state index contributed by atoms with van der Waals surface area (Å²) in [6.45, 7) is 4.48. The predicted octanol–water partition coefficient (Wildman–Crippen LogP) is 3.27. The van der Waals surface area contributed by atoms with E-state index in [0.717, 1.165) is 41.8 Å². The summed E-state index contributed by atoms with van der Waals surface area (Å²) >= 11 is 0. The molecule has 0 fully saturated rings. The van der Waals surface area contributed by atoms with E-state index in [2.05, 4.69) is 18.8 Å². The summed E-state index contributed by atoms with van der Waals surface area (Å²) in [5.41, 5.74) is 4.71. The second-order valence-electron chi connectivity index (χ2n) is 7.04. The quantitative estimate of drug-likeness (QED) is 0.693. The average Bonchev–Trinajstić information content (AvgIpc) is 2.54. The van der Waals surface area contributed by atoms with Gasteiger partial charge in [-0.3, -0.25) is 14.2 Å². The van der Waals surface area contributed by atoms with Crippen LogP contribution in [0.2, 0.25) is 0 Å². The van der Waals surface area contributed by atoms with E-state index in [1.54, 1.807) is 10.6 Å². The van der Waals surface area contributed by atoms with Crippen molar-refractivity contribution in [1.82, 2.24) is 14.4 Å². The maximum Gasteiger partial charge on any atom is 0.261 e. The van der Waals surface area contributed by atoms with Gasteiger partial charge in [-0.1, -0.05) is 19.9 Å². The molecule has 0 radical (unpaired) electrons. The first-order chi connectivity index (χ1) is 11.0. The fourth-order valence-electron chi connectivity index (χ4n) is 3.32. The van der Waals surface area contributed by atoms with Crippen LogP contribution < -0.4 is 5.56 Å². The molecular formula is C19H19N3O. The Morgan fingerprint density at radius 1 is 1.22 bits per heavy atom. The van der Waals surface area contributed by atoms with Crippen LogP contribution >= 0.6 is 0 Å². The molecule has 4 heteroatoms. The molecule has 4 nitrogen and oxygen atoms in total. The van der Waals surface area contributed by atoms with Gasteiger partial charge < -0.3 is 0 Å². The van der Waals surface area contributed by atoms with Gasteiger partial charge in [0.15, 0.2) is 0 Å². The molecular weight excluding hydrogens is 286 g/mol. The first kappa shape index (κ1) is 14.1. The Balaban J connectivity index is 1.91. The third-order valence-electron chi connectivity index (χ3n) is 4.67. The number of rotatable bonds is 1. The van der Waals surface area contributed by atoms with Crippen LogP contribution in [0.3, 0.4) is 0 Å². The lowest BCUT2D eigenvalue weighted by atomic mass is 9.76. The molecule has 0 aromatic carbocycles. The molecule has 23 heavy (non-hydrogen) atoms. The molecule has 1 aliphatic carbocycles. The van der Waals surface area contributed by atoms with Crippen LogP contribution in [-0.4, -0.2) is 14.4 Å². The molecule has 0 saturated carbocycles. The highest BCUT2D eigenvalue weighted by Gasteiger charge is 2.28. The topological polar surface area (TPSA) is 47.3 Å². The highest BCUT2D eigenvalue weighted by atomic mass is 16.1. The van der Waals surface area contributed by atoms with Crippen molar-refractivity contribution in [1.29, 1.82) is 0 Å². The van der Waals surface area contributed by atoms with Crippen molar-refractivity contribution in [2.75, 3.05) is 0 Å². The first-order valence-corrected chi connectivity index (χ1v) is 7.99. The van der Waals surface area contributed by atoms with E-state index in [-0.39, 0.29) is 11.0 Å². The van der Waals surface area contributed by atoms with Gasteiger partial charge in [-0.2, -0.15) is 0 Å². The molecule has 116 valence electrons. The van der Waals surface area contributed by atoms with Crippen LogP contribution in [0.1, 0.15) is 31.5 Å². The van der Waals surface area contributed by atoms with E-state index in [1.807, 2.05) is 36.5 Å². The average molecular weight is 305 g/mol. The first-order valence-electron chi connectivity index (χ1n) is 7.99. The van der Waals surface area contributed by atoms with Crippen molar-refractivity contribution in [2.45, 2.75) is 33.1 Å². The number of pyridine rings is 2. The molecule has 4 rings (SSSR count). The highest BCUT2D eigenvalue weighted by Crippen LogP contribution is 2.32. The van der Waals surface area contributed by atoms with Crippen molar-refractivity contribution in [3.05, 3.63) is 64.3 Å². The lowest BCUT2D eigenvalue weighted by Gasteiger charge is -2.30. The van der Waals surface area contributed by atoms with Crippen molar-refractivity contribution in [3.8, 4) is 11.3 Å². The smallest absolute Gasteiger partial charge is 0.261 e. The minimum absolute atomic E-state index is 0.0769. The fraction of sp³-hybridized carbons (Fsp3) is 0.316. The van der Waals surface area contributed by atoms with E-state index in [0.29, 0.717) is 5.65 Å². The molecule has 0 bridgehead atoms. The Labute approximate surface area is 134 Å². The van der Waals surface area contributed by atoms with Gasteiger partial charge in [0.05, 0.1) is 11.4 Å². The Kier molecular flexibility index (Phi) is 3.08. The molecule has 0 saturated heterocycles. The van der Waals surface area contributed by atoms with Crippen LogP contribution in [0.25, 0.3) is 16.9 Å². The minimum Gasteiger partial charge on any atom is -0.269 e. The Hall–Kier alpha value is -2.49. The molecule has 0 spiro atoms. The van der Waals surface area contributed by atoms with Gasteiger partial charge in [-0.15, -0.1) is 0 Å². The summed E-state index contributed by atoms with van der Waals surface area (Å²) in [5.74, 6) is 0. The number of fused-ring (bicyclic) bond motifs is 2. The molecule has 3 aromatic rings. The predicted molar refractivity (Wildman–Crippen MR) is 90.5 cm³/mol. The van der Waals surface area contributed by atoms with Crippen LogP contribution in [0.4, 0.5) is 0 Å². The molecule has 0 aliphatic heterocycles. The molecule has 0 N–H and O–H groups in total. The van der Waals surface area contributed by atoms with Gasteiger partial charge in [0.25, 0.3) is 5.56 Å². The van der Waals surface area contributed by atoms with Crippen LogP contribution in [0, 0.1) is 5.41 Å². The standard InChI is InChI=1S/C19H19N3O/c1-19(2)8-6-14-16(12-19)21-17-11-13(7-10-22(17)18(14)23)15-5-3-4-9-20-15/h3-5,7,9-11H,6,8,12H2,1-2H3. The zero-order valence-electron chi connectivity index (χ0n) is 13.4. The van der Waals surface area contributed by atoms with Gasteiger partial charge >= 0.3 is 0 Å². The van der Waals surface area contributed by atoms with Gasteiger partial charge in [0.2, 0.25) is 0 Å². The largest absolute Gasteiger partial charge is 0.269 e. The van der Waals surface area contributed by atoms with E-state index >= 15 is 0 Å². The van der Waals surface area contributed by atoms with E-state index in [9.17, 15) is 4.79 Å². The van der Waals surface area contributed by atoms with Gasteiger partial charge in [-0.25, -0.2) is 4.98 Å². The molecule has 3 heterocycles. The monoisotopic (exact) mass is 305 g/mol. The number of aromatic nitrogens is 3. The molecule has 1 aliphatic rings. The number of hydrogen-bond acceptors (Lipinski definition) is 3. The summed E-state index contributed by atoms with van der Waals surface area (Å²) in [5, 5.41) is 0. The van der Waals surface area contributed by atoms with Gasteiger partial charge in [-0.05, 0) is 48.9 Å².